The molecule has 2 nitrogen and oxygen atoms in total. The van der Waals surface area contributed by atoms with Crippen LogP contribution in [0.5, 0.6) is 0 Å². The number of carbonyl (C=O) groups is 1. The molecule has 0 aliphatic heterocycles. The number of aryl methyl sites for hydroxylation is 1. The molecule has 1 aliphatic rings. The number of rotatable bonds is 5. The van der Waals surface area contributed by atoms with Gasteiger partial charge in [-0.05, 0) is 54.7 Å². The first-order chi connectivity index (χ1) is 12.6. The maximum absolute atomic E-state index is 12.9. The zero-order valence-electron chi connectivity index (χ0n) is 17.5. The summed E-state index contributed by atoms with van der Waals surface area (Å²) in [5, 5.41) is 0. The summed E-state index contributed by atoms with van der Waals surface area (Å²) in [5.41, 5.74) is 4.52. The van der Waals surface area contributed by atoms with E-state index in [0.29, 0.717) is 5.92 Å². The molecule has 0 N–H and O–H groups in total. The van der Waals surface area contributed by atoms with Crippen LogP contribution in [0.4, 0.5) is 0 Å². The molecule has 3 atom stereocenters. The van der Waals surface area contributed by atoms with Crippen molar-refractivity contribution in [2.24, 2.45) is 16.7 Å². The van der Waals surface area contributed by atoms with Crippen molar-refractivity contribution in [2.75, 3.05) is 0 Å². The van der Waals surface area contributed by atoms with Crippen LogP contribution >= 0.6 is 0 Å². The molecule has 0 saturated heterocycles. The van der Waals surface area contributed by atoms with Gasteiger partial charge >= 0.3 is 5.97 Å². The lowest BCUT2D eigenvalue weighted by Gasteiger charge is -2.26. The molecule has 1 aliphatic carbocycles. The van der Waals surface area contributed by atoms with E-state index in [1.807, 2.05) is 6.92 Å². The predicted octanol–water partition coefficient (Wildman–Crippen LogP) is 6.73. The minimum atomic E-state index is -0.283. The number of esters is 1. The van der Waals surface area contributed by atoms with Crippen molar-refractivity contribution in [3.8, 4) is 11.1 Å². The molecule has 1 saturated carbocycles. The standard InChI is InChI=1S/C25H32O2/c1-17-7-9-21(10-8-17)22-13-11-20(12-14-22)19(3)27-23(26)25(15-18(25)2)16-24(4,5)6/h7-14,18-19H,15-16H2,1-6H3. The number of hydrogen-bond donors (Lipinski definition) is 0. The van der Waals surface area contributed by atoms with Crippen molar-refractivity contribution in [1.29, 1.82) is 0 Å². The van der Waals surface area contributed by atoms with Crippen molar-refractivity contribution in [2.45, 2.75) is 60.5 Å². The Bertz CT molecular complexity index is 796. The van der Waals surface area contributed by atoms with E-state index in [4.69, 9.17) is 4.74 Å². The van der Waals surface area contributed by atoms with Crippen molar-refractivity contribution in [3.63, 3.8) is 0 Å². The third-order valence-electron chi connectivity index (χ3n) is 5.75. The smallest absolute Gasteiger partial charge is 0.312 e. The normalized spacial score (nSPS) is 23.0. The van der Waals surface area contributed by atoms with Gasteiger partial charge in [-0.15, -0.1) is 0 Å². The highest BCUT2D eigenvalue weighted by Crippen LogP contribution is 2.59. The number of benzene rings is 2. The van der Waals surface area contributed by atoms with Gasteiger partial charge in [0.1, 0.15) is 6.10 Å². The van der Waals surface area contributed by atoms with Crippen molar-refractivity contribution in [3.05, 3.63) is 59.7 Å². The van der Waals surface area contributed by atoms with E-state index in [1.165, 1.54) is 16.7 Å². The van der Waals surface area contributed by atoms with E-state index in [2.05, 4.69) is 83.1 Å². The Labute approximate surface area is 164 Å². The minimum absolute atomic E-state index is 0.0277. The van der Waals surface area contributed by atoms with Gasteiger partial charge in [0, 0.05) is 0 Å². The van der Waals surface area contributed by atoms with Crippen LogP contribution in [0.15, 0.2) is 48.5 Å². The first-order valence-electron chi connectivity index (χ1n) is 9.99. The second-order valence-corrected chi connectivity index (χ2v) is 9.53. The molecular weight excluding hydrogens is 332 g/mol. The molecule has 0 radical (unpaired) electrons. The Kier molecular flexibility index (Phi) is 5.20. The maximum atomic E-state index is 12.9. The summed E-state index contributed by atoms with van der Waals surface area (Å²) >= 11 is 0. The summed E-state index contributed by atoms with van der Waals surface area (Å²) in [6.45, 7) is 12.8. The molecular formula is C25H32O2. The van der Waals surface area contributed by atoms with E-state index >= 15 is 0 Å². The van der Waals surface area contributed by atoms with E-state index in [9.17, 15) is 4.79 Å². The lowest BCUT2D eigenvalue weighted by atomic mass is 9.81. The molecule has 27 heavy (non-hydrogen) atoms. The van der Waals surface area contributed by atoms with Gasteiger partial charge in [0.25, 0.3) is 0 Å². The molecule has 144 valence electrons. The molecule has 2 aromatic rings. The topological polar surface area (TPSA) is 26.3 Å². The fourth-order valence-electron chi connectivity index (χ4n) is 4.08. The van der Waals surface area contributed by atoms with Crippen LogP contribution < -0.4 is 0 Å². The largest absolute Gasteiger partial charge is 0.457 e. The molecule has 0 bridgehead atoms. The SMILES string of the molecule is Cc1ccc(-c2ccc(C(C)OC(=O)C3(CC(C)(C)C)CC3C)cc2)cc1. The Balaban J connectivity index is 1.68. The van der Waals surface area contributed by atoms with Crippen molar-refractivity contribution >= 4 is 5.97 Å². The van der Waals surface area contributed by atoms with Crippen LogP contribution in [-0.2, 0) is 9.53 Å². The monoisotopic (exact) mass is 364 g/mol. The summed E-state index contributed by atoms with van der Waals surface area (Å²) in [4.78, 5) is 12.9. The summed E-state index contributed by atoms with van der Waals surface area (Å²) in [7, 11) is 0. The number of ether oxygens (including phenoxy) is 1. The second kappa shape index (κ2) is 7.14. The molecule has 1 fully saturated rings. The third kappa shape index (κ3) is 4.43. The Hall–Kier alpha value is -2.09. The number of carbonyl (C=O) groups excluding carboxylic acids is 1. The zero-order valence-corrected chi connectivity index (χ0v) is 17.5. The first-order valence-corrected chi connectivity index (χ1v) is 9.99. The van der Waals surface area contributed by atoms with Gasteiger partial charge in [0.15, 0.2) is 0 Å². The van der Waals surface area contributed by atoms with E-state index in [-0.39, 0.29) is 22.9 Å². The summed E-state index contributed by atoms with van der Waals surface area (Å²) in [6, 6.07) is 16.9. The quantitative estimate of drug-likeness (QED) is 0.550. The molecule has 0 aromatic heterocycles. The molecule has 2 aromatic carbocycles. The van der Waals surface area contributed by atoms with Gasteiger partial charge in [-0.1, -0.05) is 81.8 Å². The first kappa shape index (κ1) is 19.7. The van der Waals surface area contributed by atoms with Crippen molar-refractivity contribution < 1.29 is 9.53 Å². The zero-order chi connectivity index (χ0) is 19.8. The van der Waals surface area contributed by atoms with Gasteiger partial charge in [0.2, 0.25) is 0 Å². The molecule has 0 spiro atoms. The second-order valence-electron chi connectivity index (χ2n) is 9.53. The van der Waals surface area contributed by atoms with Crippen LogP contribution in [0.3, 0.4) is 0 Å². The van der Waals surface area contributed by atoms with Gasteiger partial charge in [-0.2, -0.15) is 0 Å². The summed E-state index contributed by atoms with van der Waals surface area (Å²) in [5.74, 6) is 0.389. The Morgan fingerprint density at radius 3 is 2.00 bits per heavy atom. The van der Waals surface area contributed by atoms with Crippen LogP contribution in [0.1, 0.15) is 64.7 Å². The van der Waals surface area contributed by atoms with Gasteiger partial charge in [0.05, 0.1) is 5.41 Å². The van der Waals surface area contributed by atoms with Crippen LogP contribution in [0.25, 0.3) is 11.1 Å². The molecule has 0 heterocycles. The van der Waals surface area contributed by atoms with Gasteiger partial charge in [-0.25, -0.2) is 0 Å². The molecule has 2 heteroatoms. The lowest BCUT2D eigenvalue weighted by Crippen LogP contribution is -2.27. The fraction of sp³-hybridized carbons (Fsp3) is 0.480. The third-order valence-corrected chi connectivity index (χ3v) is 5.75. The van der Waals surface area contributed by atoms with Gasteiger partial charge in [-0.3, -0.25) is 4.79 Å². The summed E-state index contributed by atoms with van der Waals surface area (Å²) < 4.78 is 5.90. The number of hydrogen-bond acceptors (Lipinski definition) is 2. The van der Waals surface area contributed by atoms with Crippen LogP contribution in [0.2, 0.25) is 0 Å². The minimum Gasteiger partial charge on any atom is -0.457 e. The molecule has 3 unspecified atom stereocenters. The van der Waals surface area contributed by atoms with Crippen LogP contribution in [-0.4, -0.2) is 5.97 Å². The van der Waals surface area contributed by atoms with Gasteiger partial charge < -0.3 is 4.74 Å². The van der Waals surface area contributed by atoms with Crippen molar-refractivity contribution in [1.82, 2.24) is 0 Å². The average Bonchev–Trinajstić information content (AvgIpc) is 3.24. The molecule has 3 rings (SSSR count). The van der Waals surface area contributed by atoms with E-state index < -0.39 is 0 Å². The predicted molar refractivity (Wildman–Crippen MR) is 111 cm³/mol. The highest BCUT2D eigenvalue weighted by Gasteiger charge is 2.59. The maximum Gasteiger partial charge on any atom is 0.312 e. The van der Waals surface area contributed by atoms with E-state index in [1.54, 1.807) is 0 Å². The fourth-order valence-corrected chi connectivity index (χ4v) is 4.08. The lowest BCUT2D eigenvalue weighted by molar-refractivity contribution is -0.157. The highest BCUT2D eigenvalue weighted by atomic mass is 16.5. The summed E-state index contributed by atoms with van der Waals surface area (Å²) in [6.07, 6.45) is 1.61. The van der Waals surface area contributed by atoms with E-state index in [0.717, 1.165) is 18.4 Å². The average molecular weight is 365 g/mol. The van der Waals surface area contributed by atoms with Crippen LogP contribution in [0, 0.1) is 23.7 Å². The Morgan fingerprint density at radius 2 is 1.56 bits per heavy atom. The highest BCUT2D eigenvalue weighted by molar-refractivity contribution is 5.81. The Morgan fingerprint density at radius 1 is 1.07 bits per heavy atom. The molecule has 0 amide bonds.